The molecule has 0 aromatic heterocycles. The van der Waals surface area contributed by atoms with Gasteiger partial charge in [-0.15, -0.1) is 0 Å². The number of rotatable bonds is 6. The van der Waals surface area contributed by atoms with Crippen molar-refractivity contribution in [3.8, 4) is 5.75 Å². The van der Waals surface area contributed by atoms with E-state index in [9.17, 15) is 0 Å². The average molecular weight is 324 g/mol. The molecule has 2 aromatic rings. The molecule has 0 aliphatic rings. The fourth-order valence-electron chi connectivity index (χ4n) is 2.38. The van der Waals surface area contributed by atoms with E-state index in [4.69, 9.17) is 33.7 Å². The van der Waals surface area contributed by atoms with Gasteiger partial charge in [-0.2, -0.15) is 0 Å². The van der Waals surface area contributed by atoms with E-state index in [-0.39, 0.29) is 5.92 Å². The first-order chi connectivity index (χ1) is 10.2. The van der Waals surface area contributed by atoms with Crippen molar-refractivity contribution >= 4 is 23.2 Å². The van der Waals surface area contributed by atoms with Crippen LogP contribution < -0.4 is 10.5 Å². The van der Waals surface area contributed by atoms with Gasteiger partial charge in [0.05, 0.1) is 6.61 Å². The third kappa shape index (κ3) is 4.13. The van der Waals surface area contributed by atoms with Crippen molar-refractivity contribution in [2.24, 2.45) is 5.73 Å². The van der Waals surface area contributed by atoms with Crippen LogP contribution in [0.25, 0.3) is 0 Å². The van der Waals surface area contributed by atoms with Crippen molar-refractivity contribution < 1.29 is 4.74 Å². The number of hydrogen-bond donors (Lipinski definition) is 1. The Bertz CT molecular complexity index is 564. The van der Waals surface area contributed by atoms with Crippen LogP contribution in [0.5, 0.6) is 5.75 Å². The van der Waals surface area contributed by atoms with Gasteiger partial charge in [-0.25, -0.2) is 0 Å². The molecule has 0 saturated carbocycles. The van der Waals surface area contributed by atoms with Crippen LogP contribution in [0.1, 0.15) is 24.0 Å². The van der Waals surface area contributed by atoms with Crippen molar-refractivity contribution in [3.63, 3.8) is 0 Å². The second-order valence-corrected chi connectivity index (χ2v) is 5.66. The van der Waals surface area contributed by atoms with Crippen LogP contribution in [-0.2, 0) is 6.42 Å². The quantitative estimate of drug-likeness (QED) is 0.837. The van der Waals surface area contributed by atoms with Gasteiger partial charge < -0.3 is 10.5 Å². The van der Waals surface area contributed by atoms with Gasteiger partial charge in [0, 0.05) is 16.0 Å². The van der Waals surface area contributed by atoms with Crippen LogP contribution in [0.3, 0.4) is 0 Å². The van der Waals surface area contributed by atoms with E-state index in [1.165, 1.54) is 5.56 Å². The molecule has 0 aliphatic carbocycles. The zero-order valence-corrected chi connectivity index (χ0v) is 13.5. The van der Waals surface area contributed by atoms with Gasteiger partial charge in [0.25, 0.3) is 0 Å². The van der Waals surface area contributed by atoms with E-state index in [1.807, 2.05) is 37.3 Å². The summed E-state index contributed by atoms with van der Waals surface area (Å²) < 4.78 is 5.45. The van der Waals surface area contributed by atoms with Crippen molar-refractivity contribution in [2.75, 3.05) is 13.2 Å². The molecule has 0 bridgehead atoms. The van der Waals surface area contributed by atoms with E-state index in [1.54, 1.807) is 0 Å². The summed E-state index contributed by atoms with van der Waals surface area (Å²) in [7, 11) is 0. The zero-order valence-electron chi connectivity index (χ0n) is 12.0. The highest BCUT2D eigenvalue weighted by atomic mass is 35.5. The molecular weight excluding hydrogens is 305 g/mol. The molecule has 0 spiro atoms. The molecule has 0 fully saturated rings. The number of hydrogen-bond acceptors (Lipinski definition) is 2. The summed E-state index contributed by atoms with van der Waals surface area (Å²) in [6, 6.07) is 13.6. The average Bonchev–Trinajstić information content (AvgIpc) is 2.48. The summed E-state index contributed by atoms with van der Waals surface area (Å²) in [4.78, 5) is 0. The molecule has 1 unspecified atom stereocenters. The van der Waals surface area contributed by atoms with E-state index < -0.39 is 0 Å². The lowest BCUT2D eigenvalue weighted by Gasteiger charge is -2.18. The molecule has 0 amide bonds. The smallest absolute Gasteiger partial charge is 0.119 e. The molecule has 112 valence electrons. The van der Waals surface area contributed by atoms with Gasteiger partial charge in [0.1, 0.15) is 5.75 Å². The van der Waals surface area contributed by atoms with Gasteiger partial charge in [-0.1, -0.05) is 41.4 Å². The zero-order chi connectivity index (χ0) is 15.2. The lowest BCUT2D eigenvalue weighted by atomic mass is 9.92. The highest BCUT2D eigenvalue weighted by Gasteiger charge is 2.17. The maximum Gasteiger partial charge on any atom is 0.119 e. The standard InChI is InChI=1S/C17H19Cl2NO/c1-2-21-14-8-6-12(7-9-14)10-13(11-20)17-15(18)4-3-5-16(17)19/h3-9,13H,2,10-11,20H2,1H3. The van der Waals surface area contributed by atoms with Gasteiger partial charge in [0.15, 0.2) is 0 Å². The molecule has 4 heteroatoms. The molecule has 0 heterocycles. The minimum atomic E-state index is 0.101. The molecule has 0 saturated heterocycles. The Balaban J connectivity index is 2.19. The summed E-state index contributed by atoms with van der Waals surface area (Å²) in [6.45, 7) is 3.13. The second kappa shape index (κ2) is 7.69. The highest BCUT2D eigenvalue weighted by Crippen LogP contribution is 2.33. The first kappa shape index (κ1) is 16.2. The Kier molecular flexibility index (Phi) is 5.92. The summed E-state index contributed by atoms with van der Waals surface area (Å²) in [6.07, 6.45) is 0.798. The van der Waals surface area contributed by atoms with Crippen LogP contribution in [0, 0.1) is 0 Å². The monoisotopic (exact) mass is 323 g/mol. The third-order valence-corrected chi connectivity index (χ3v) is 4.07. The van der Waals surface area contributed by atoms with Gasteiger partial charge >= 0.3 is 0 Å². The maximum absolute atomic E-state index is 6.28. The first-order valence-electron chi connectivity index (χ1n) is 7.01. The Labute approximate surface area is 135 Å². The second-order valence-electron chi connectivity index (χ2n) is 4.85. The third-order valence-electron chi connectivity index (χ3n) is 3.41. The van der Waals surface area contributed by atoms with E-state index in [0.29, 0.717) is 23.2 Å². The van der Waals surface area contributed by atoms with Crippen LogP contribution in [0.4, 0.5) is 0 Å². The Morgan fingerprint density at radius 2 is 1.67 bits per heavy atom. The summed E-state index contributed by atoms with van der Waals surface area (Å²) >= 11 is 12.6. The number of nitrogens with two attached hydrogens (primary N) is 1. The lowest BCUT2D eigenvalue weighted by Crippen LogP contribution is -2.16. The first-order valence-corrected chi connectivity index (χ1v) is 7.77. The molecule has 21 heavy (non-hydrogen) atoms. The van der Waals surface area contributed by atoms with Crippen LogP contribution >= 0.6 is 23.2 Å². The Morgan fingerprint density at radius 3 is 2.19 bits per heavy atom. The maximum atomic E-state index is 6.28. The SMILES string of the molecule is CCOc1ccc(CC(CN)c2c(Cl)cccc2Cl)cc1. The lowest BCUT2D eigenvalue weighted by molar-refractivity contribution is 0.340. The van der Waals surface area contributed by atoms with Crippen molar-refractivity contribution in [3.05, 3.63) is 63.6 Å². The van der Waals surface area contributed by atoms with E-state index in [0.717, 1.165) is 17.7 Å². The highest BCUT2D eigenvalue weighted by molar-refractivity contribution is 6.36. The van der Waals surface area contributed by atoms with Gasteiger partial charge in [-0.05, 0) is 55.3 Å². The minimum absolute atomic E-state index is 0.101. The normalized spacial score (nSPS) is 12.2. The van der Waals surface area contributed by atoms with Crippen LogP contribution in [0.2, 0.25) is 10.0 Å². The molecule has 2 aromatic carbocycles. The van der Waals surface area contributed by atoms with E-state index >= 15 is 0 Å². The van der Waals surface area contributed by atoms with Crippen molar-refractivity contribution in [1.29, 1.82) is 0 Å². The molecule has 2 N–H and O–H groups in total. The number of halogens is 2. The van der Waals surface area contributed by atoms with Crippen molar-refractivity contribution in [2.45, 2.75) is 19.3 Å². The molecule has 2 nitrogen and oxygen atoms in total. The van der Waals surface area contributed by atoms with Crippen molar-refractivity contribution in [1.82, 2.24) is 0 Å². The van der Waals surface area contributed by atoms with Gasteiger partial charge in [-0.3, -0.25) is 0 Å². The predicted molar refractivity (Wildman–Crippen MR) is 89.6 cm³/mol. The Hall–Kier alpha value is -1.22. The summed E-state index contributed by atoms with van der Waals surface area (Å²) in [5, 5.41) is 1.34. The van der Waals surface area contributed by atoms with Crippen LogP contribution in [-0.4, -0.2) is 13.2 Å². The molecule has 2 rings (SSSR count). The molecule has 0 radical (unpaired) electrons. The molecular formula is C17H19Cl2NO. The van der Waals surface area contributed by atoms with Gasteiger partial charge in [0.2, 0.25) is 0 Å². The molecule has 1 atom stereocenters. The fraction of sp³-hybridized carbons (Fsp3) is 0.294. The fourth-order valence-corrected chi connectivity index (χ4v) is 3.08. The molecule has 0 aliphatic heterocycles. The summed E-state index contributed by atoms with van der Waals surface area (Å²) in [5.41, 5.74) is 8.04. The number of ether oxygens (including phenoxy) is 1. The summed E-state index contributed by atoms with van der Waals surface area (Å²) in [5.74, 6) is 0.977. The topological polar surface area (TPSA) is 35.2 Å². The largest absolute Gasteiger partial charge is 0.494 e. The van der Waals surface area contributed by atoms with E-state index in [2.05, 4.69) is 12.1 Å². The Morgan fingerprint density at radius 1 is 1.05 bits per heavy atom. The number of benzene rings is 2. The minimum Gasteiger partial charge on any atom is -0.494 e. The predicted octanol–water partition coefficient (Wildman–Crippen LogP) is 4.68. The van der Waals surface area contributed by atoms with Crippen LogP contribution in [0.15, 0.2) is 42.5 Å².